The SMILES string of the molecule is CC(O)c1ccc(CNC(=O)C2=NN(c3ccccc3)C(C(N)=O)C2)cc1. The zero-order chi connectivity index (χ0) is 19.4. The van der Waals surface area contributed by atoms with Crippen molar-refractivity contribution in [2.24, 2.45) is 10.8 Å². The summed E-state index contributed by atoms with van der Waals surface area (Å²) in [7, 11) is 0. The van der Waals surface area contributed by atoms with Crippen molar-refractivity contribution in [3.63, 3.8) is 0 Å². The zero-order valence-corrected chi connectivity index (χ0v) is 15.0. The summed E-state index contributed by atoms with van der Waals surface area (Å²) in [6, 6.07) is 15.8. The minimum Gasteiger partial charge on any atom is -0.389 e. The van der Waals surface area contributed by atoms with E-state index in [4.69, 9.17) is 5.73 Å². The van der Waals surface area contributed by atoms with Gasteiger partial charge in [0.15, 0.2) is 0 Å². The molecule has 1 aliphatic rings. The van der Waals surface area contributed by atoms with Crippen LogP contribution < -0.4 is 16.1 Å². The molecule has 2 unspecified atom stereocenters. The summed E-state index contributed by atoms with van der Waals surface area (Å²) in [5, 5.41) is 18.2. The summed E-state index contributed by atoms with van der Waals surface area (Å²) in [4.78, 5) is 24.3. The van der Waals surface area contributed by atoms with Gasteiger partial charge in [-0.2, -0.15) is 5.10 Å². The Balaban J connectivity index is 1.68. The van der Waals surface area contributed by atoms with Gasteiger partial charge in [-0.1, -0.05) is 42.5 Å². The number of benzene rings is 2. The summed E-state index contributed by atoms with van der Waals surface area (Å²) in [5.41, 5.74) is 8.17. The van der Waals surface area contributed by atoms with Crippen LogP contribution in [0.1, 0.15) is 30.6 Å². The first-order valence-corrected chi connectivity index (χ1v) is 8.72. The van der Waals surface area contributed by atoms with E-state index in [0.717, 1.165) is 11.1 Å². The first kappa shape index (κ1) is 18.6. The molecule has 2 atom stereocenters. The first-order chi connectivity index (χ1) is 13.0. The van der Waals surface area contributed by atoms with E-state index < -0.39 is 18.1 Å². The van der Waals surface area contributed by atoms with Gasteiger partial charge in [0, 0.05) is 13.0 Å². The highest BCUT2D eigenvalue weighted by Crippen LogP contribution is 2.24. The Morgan fingerprint density at radius 3 is 2.48 bits per heavy atom. The lowest BCUT2D eigenvalue weighted by molar-refractivity contribution is -0.119. The second-order valence-electron chi connectivity index (χ2n) is 6.45. The molecule has 0 saturated heterocycles. The molecule has 27 heavy (non-hydrogen) atoms. The number of aliphatic hydroxyl groups is 1. The maximum absolute atomic E-state index is 12.5. The monoisotopic (exact) mass is 366 g/mol. The van der Waals surface area contributed by atoms with E-state index in [0.29, 0.717) is 12.2 Å². The van der Waals surface area contributed by atoms with Gasteiger partial charge >= 0.3 is 0 Å². The molecule has 0 saturated carbocycles. The number of hydrazone groups is 1. The number of hydrogen-bond acceptors (Lipinski definition) is 5. The number of primary amides is 1. The van der Waals surface area contributed by atoms with Gasteiger partial charge in [0.1, 0.15) is 11.8 Å². The number of nitrogens with two attached hydrogens (primary N) is 1. The third-order valence-corrected chi connectivity index (χ3v) is 4.44. The van der Waals surface area contributed by atoms with Crippen LogP contribution in [0.25, 0.3) is 0 Å². The van der Waals surface area contributed by atoms with Crippen LogP contribution in [0, 0.1) is 0 Å². The molecule has 2 aromatic rings. The molecular formula is C20H22N4O3. The van der Waals surface area contributed by atoms with Crippen molar-refractivity contribution in [2.75, 3.05) is 5.01 Å². The fourth-order valence-corrected chi connectivity index (χ4v) is 2.89. The third-order valence-electron chi connectivity index (χ3n) is 4.44. The highest BCUT2D eigenvalue weighted by atomic mass is 16.3. The van der Waals surface area contributed by atoms with E-state index in [1.165, 1.54) is 5.01 Å². The molecule has 0 spiro atoms. The van der Waals surface area contributed by atoms with Gasteiger partial charge in [-0.25, -0.2) is 0 Å². The molecule has 1 aliphatic heterocycles. The van der Waals surface area contributed by atoms with Crippen molar-refractivity contribution >= 4 is 23.2 Å². The average Bonchev–Trinajstić information content (AvgIpc) is 3.13. The zero-order valence-electron chi connectivity index (χ0n) is 15.0. The second kappa shape index (κ2) is 8.01. The molecule has 0 fully saturated rings. The van der Waals surface area contributed by atoms with E-state index in [9.17, 15) is 14.7 Å². The number of aliphatic hydroxyl groups excluding tert-OH is 1. The van der Waals surface area contributed by atoms with Crippen molar-refractivity contribution < 1.29 is 14.7 Å². The van der Waals surface area contributed by atoms with Crippen molar-refractivity contribution in [2.45, 2.75) is 32.0 Å². The van der Waals surface area contributed by atoms with Gasteiger partial charge in [-0.05, 0) is 30.2 Å². The summed E-state index contributed by atoms with van der Waals surface area (Å²) >= 11 is 0. The van der Waals surface area contributed by atoms with Crippen LogP contribution in [-0.2, 0) is 16.1 Å². The molecule has 0 aliphatic carbocycles. The molecule has 7 heteroatoms. The minimum atomic E-state index is -0.682. The van der Waals surface area contributed by atoms with Gasteiger partial charge in [0.2, 0.25) is 5.91 Å². The van der Waals surface area contributed by atoms with Crippen LogP contribution in [0.4, 0.5) is 5.69 Å². The number of nitrogens with one attached hydrogen (secondary N) is 1. The standard InChI is InChI=1S/C20H22N4O3/c1-13(25)15-9-7-14(8-10-15)12-22-20(27)17-11-18(19(21)26)24(23-17)16-5-3-2-4-6-16/h2-10,13,18,25H,11-12H2,1H3,(H2,21,26)(H,22,27). The van der Waals surface area contributed by atoms with Gasteiger partial charge in [0.05, 0.1) is 11.8 Å². The summed E-state index contributed by atoms with van der Waals surface area (Å²) < 4.78 is 0. The largest absolute Gasteiger partial charge is 0.389 e. The van der Waals surface area contributed by atoms with Gasteiger partial charge < -0.3 is 16.2 Å². The predicted molar refractivity (Wildman–Crippen MR) is 103 cm³/mol. The molecule has 0 radical (unpaired) electrons. The van der Waals surface area contributed by atoms with Gasteiger partial charge in [-0.3, -0.25) is 14.6 Å². The Kier molecular flexibility index (Phi) is 5.52. The smallest absolute Gasteiger partial charge is 0.267 e. The molecule has 3 rings (SSSR count). The molecule has 1 heterocycles. The van der Waals surface area contributed by atoms with E-state index >= 15 is 0 Å². The van der Waals surface area contributed by atoms with Crippen molar-refractivity contribution in [1.29, 1.82) is 0 Å². The Bertz CT molecular complexity index is 847. The van der Waals surface area contributed by atoms with Crippen LogP contribution in [0.15, 0.2) is 59.7 Å². The van der Waals surface area contributed by atoms with Crippen molar-refractivity contribution in [3.8, 4) is 0 Å². The predicted octanol–water partition coefficient (Wildman–Crippen LogP) is 1.48. The topological polar surface area (TPSA) is 108 Å². The van der Waals surface area contributed by atoms with Crippen LogP contribution in [0.2, 0.25) is 0 Å². The number of carbonyl (C=O) groups excluding carboxylic acids is 2. The number of amides is 2. The van der Waals surface area contributed by atoms with Crippen LogP contribution in [0.3, 0.4) is 0 Å². The lowest BCUT2D eigenvalue weighted by atomic mass is 10.1. The third kappa shape index (κ3) is 4.32. The van der Waals surface area contributed by atoms with E-state index in [-0.39, 0.29) is 18.0 Å². The molecule has 0 aromatic heterocycles. The number of para-hydroxylation sites is 1. The molecule has 0 bridgehead atoms. The van der Waals surface area contributed by atoms with Gasteiger partial charge in [0.25, 0.3) is 5.91 Å². The Morgan fingerprint density at radius 2 is 1.89 bits per heavy atom. The molecule has 2 aromatic carbocycles. The lowest BCUT2D eigenvalue weighted by Gasteiger charge is -2.20. The van der Waals surface area contributed by atoms with E-state index in [2.05, 4.69) is 10.4 Å². The van der Waals surface area contributed by atoms with Crippen LogP contribution >= 0.6 is 0 Å². The average molecular weight is 366 g/mol. The Hall–Kier alpha value is -3.19. The summed E-state index contributed by atoms with van der Waals surface area (Å²) in [5.74, 6) is -0.863. The summed E-state index contributed by atoms with van der Waals surface area (Å²) in [6.07, 6.45) is -0.368. The molecule has 4 N–H and O–H groups in total. The van der Waals surface area contributed by atoms with E-state index in [1.807, 2.05) is 54.6 Å². The maximum Gasteiger partial charge on any atom is 0.267 e. The number of carbonyl (C=O) groups is 2. The molecule has 2 amide bonds. The van der Waals surface area contributed by atoms with Crippen molar-refractivity contribution in [1.82, 2.24) is 5.32 Å². The second-order valence-corrected chi connectivity index (χ2v) is 6.45. The van der Waals surface area contributed by atoms with Crippen LogP contribution in [0.5, 0.6) is 0 Å². The molecular weight excluding hydrogens is 344 g/mol. The Morgan fingerprint density at radius 1 is 1.22 bits per heavy atom. The molecule has 140 valence electrons. The maximum atomic E-state index is 12.5. The summed E-state index contributed by atoms with van der Waals surface area (Å²) in [6.45, 7) is 2.02. The number of hydrogen-bond donors (Lipinski definition) is 3. The number of nitrogens with zero attached hydrogens (tertiary/aromatic N) is 2. The van der Waals surface area contributed by atoms with Crippen molar-refractivity contribution in [3.05, 3.63) is 65.7 Å². The van der Waals surface area contributed by atoms with Crippen LogP contribution in [-0.4, -0.2) is 28.7 Å². The molecule has 7 nitrogen and oxygen atoms in total. The lowest BCUT2D eigenvalue weighted by Crippen LogP contribution is -2.39. The van der Waals surface area contributed by atoms with E-state index in [1.54, 1.807) is 6.92 Å². The first-order valence-electron chi connectivity index (χ1n) is 8.72. The number of anilines is 1. The quantitative estimate of drug-likeness (QED) is 0.719. The van der Waals surface area contributed by atoms with Gasteiger partial charge in [-0.15, -0.1) is 0 Å². The normalized spacial score (nSPS) is 17.3. The minimum absolute atomic E-state index is 0.164. The fourth-order valence-electron chi connectivity index (χ4n) is 2.89. The Labute approximate surface area is 157 Å². The number of rotatable bonds is 6. The fraction of sp³-hybridized carbons (Fsp3) is 0.250. The highest BCUT2D eigenvalue weighted by Gasteiger charge is 2.34. The highest BCUT2D eigenvalue weighted by molar-refractivity contribution is 6.40.